The SMILES string of the molecule is C=CC(=O)N(CC)CC(C)(C)CC. The third-order valence-corrected chi connectivity index (χ3v) is 2.44. The summed E-state index contributed by atoms with van der Waals surface area (Å²) in [6.45, 7) is 13.5. The van der Waals surface area contributed by atoms with Gasteiger partial charge >= 0.3 is 0 Å². The van der Waals surface area contributed by atoms with Crippen molar-refractivity contribution in [1.29, 1.82) is 0 Å². The molecule has 0 bridgehead atoms. The van der Waals surface area contributed by atoms with E-state index < -0.39 is 0 Å². The number of rotatable bonds is 5. The Kier molecular flexibility index (Phi) is 4.74. The highest BCUT2D eigenvalue weighted by Gasteiger charge is 2.20. The zero-order valence-electron chi connectivity index (χ0n) is 9.26. The lowest BCUT2D eigenvalue weighted by molar-refractivity contribution is -0.127. The van der Waals surface area contributed by atoms with Crippen LogP contribution in [0.3, 0.4) is 0 Å². The third kappa shape index (κ3) is 4.11. The van der Waals surface area contributed by atoms with Crippen LogP contribution < -0.4 is 0 Å². The highest BCUT2D eigenvalue weighted by molar-refractivity contribution is 5.86. The lowest BCUT2D eigenvalue weighted by Crippen LogP contribution is -2.37. The average molecular weight is 183 g/mol. The van der Waals surface area contributed by atoms with Crippen molar-refractivity contribution in [3.05, 3.63) is 12.7 Å². The van der Waals surface area contributed by atoms with E-state index in [1.54, 1.807) is 0 Å². The molecule has 0 radical (unpaired) electrons. The molecule has 0 aliphatic carbocycles. The predicted molar refractivity (Wildman–Crippen MR) is 56.5 cm³/mol. The van der Waals surface area contributed by atoms with Gasteiger partial charge in [-0.3, -0.25) is 4.79 Å². The molecule has 0 saturated heterocycles. The van der Waals surface area contributed by atoms with Gasteiger partial charge in [-0.1, -0.05) is 27.4 Å². The summed E-state index contributed by atoms with van der Waals surface area (Å²) in [5, 5.41) is 0. The summed E-state index contributed by atoms with van der Waals surface area (Å²) in [4.78, 5) is 13.2. The summed E-state index contributed by atoms with van der Waals surface area (Å²) in [6.07, 6.45) is 2.46. The van der Waals surface area contributed by atoms with Crippen LogP contribution >= 0.6 is 0 Å². The number of nitrogens with zero attached hydrogens (tertiary/aromatic N) is 1. The van der Waals surface area contributed by atoms with Crippen molar-refractivity contribution in [2.24, 2.45) is 5.41 Å². The molecule has 0 saturated carbocycles. The molecule has 0 unspecified atom stereocenters. The normalized spacial score (nSPS) is 11.1. The van der Waals surface area contributed by atoms with Crippen LogP contribution in [0.2, 0.25) is 0 Å². The van der Waals surface area contributed by atoms with Crippen molar-refractivity contribution in [2.45, 2.75) is 34.1 Å². The summed E-state index contributed by atoms with van der Waals surface area (Å²) in [5.41, 5.74) is 0.203. The standard InChI is InChI=1S/C11H21NO/c1-6-10(13)12(8-3)9-11(4,5)7-2/h6H,1,7-9H2,2-5H3. The van der Waals surface area contributed by atoms with Crippen molar-refractivity contribution in [2.75, 3.05) is 13.1 Å². The van der Waals surface area contributed by atoms with E-state index in [1.807, 2.05) is 11.8 Å². The van der Waals surface area contributed by atoms with Gasteiger partial charge in [0.15, 0.2) is 0 Å². The monoisotopic (exact) mass is 183 g/mol. The van der Waals surface area contributed by atoms with Gasteiger partial charge in [0.05, 0.1) is 0 Å². The molecule has 0 N–H and O–H groups in total. The summed E-state index contributed by atoms with van der Waals surface area (Å²) in [6, 6.07) is 0. The summed E-state index contributed by atoms with van der Waals surface area (Å²) in [7, 11) is 0. The molecule has 0 aromatic heterocycles. The molecule has 0 atom stereocenters. The van der Waals surface area contributed by atoms with E-state index in [9.17, 15) is 4.79 Å². The molecular weight excluding hydrogens is 162 g/mol. The first kappa shape index (κ1) is 12.2. The quantitative estimate of drug-likeness (QED) is 0.599. The van der Waals surface area contributed by atoms with Crippen LogP contribution in [0.4, 0.5) is 0 Å². The fraction of sp³-hybridized carbons (Fsp3) is 0.727. The summed E-state index contributed by atoms with van der Waals surface area (Å²) < 4.78 is 0. The van der Waals surface area contributed by atoms with Crippen molar-refractivity contribution in [3.63, 3.8) is 0 Å². The van der Waals surface area contributed by atoms with E-state index in [2.05, 4.69) is 27.4 Å². The Morgan fingerprint density at radius 1 is 1.46 bits per heavy atom. The van der Waals surface area contributed by atoms with Crippen molar-refractivity contribution >= 4 is 5.91 Å². The van der Waals surface area contributed by atoms with Crippen LogP contribution in [-0.2, 0) is 4.79 Å². The van der Waals surface area contributed by atoms with E-state index in [0.717, 1.165) is 19.5 Å². The molecule has 13 heavy (non-hydrogen) atoms. The minimum absolute atomic E-state index is 0.0315. The van der Waals surface area contributed by atoms with Crippen LogP contribution in [0, 0.1) is 5.41 Å². The molecule has 1 amide bonds. The Morgan fingerprint density at radius 2 is 2.00 bits per heavy atom. The molecular formula is C11H21NO. The Morgan fingerprint density at radius 3 is 2.31 bits per heavy atom. The molecule has 2 nitrogen and oxygen atoms in total. The Hall–Kier alpha value is -0.790. The smallest absolute Gasteiger partial charge is 0.245 e. The topological polar surface area (TPSA) is 20.3 Å². The second-order valence-electron chi connectivity index (χ2n) is 4.07. The second-order valence-corrected chi connectivity index (χ2v) is 4.07. The van der Waals surface area contributed by atoms with Crippen LogP contribution in [0.15, 0.2) is 12.7 Å². The van der Waals surface area contributed by atoms with Gasteiger partial charge in [0.1, 0.15) is 0 Å². The van der Waals surface area contributed by atoms with E-state index in [4.69, 9.17) is 0 Å². The van der Waals surface area contributed by atoms with Crippen LogP contribution in [0.5, 0.6) is 0 Å². The first-order valence-electron chi connectivity index (χ1n) is 4.88. The Bertz CT molecular complexity index is 185. The number of carbonyl (C=O) groups is 1. The first-order chi connectivity index (χ1) is 5.96. The summed E-state index contributed by atoms with van der Waals surface area (Å²) in [5.74, 6) is 0.0315. The van der Waals surface area contributed by atoms with Gasteiger partial charge in [0, 0.05) is 13.1 Å². The minimum atomic E-state index is 0.0315. The molecule has 0 aliphatic rings. The fourth-order valence-corrected chi connectivity index (χ4v) is 1.10. The maximum absolute atomic E-state index is 11.3. The van der Waals surface area contributed by atoms with Gasteiger partial charge in [-0.15, -0.1) is 0 Å². The lowest BCUT2D eigenvalue weighted by atomic mass is 9.89. The van der Waals surface area contributed by atoms with Crippen molar-refractivity contribution < 1.29 is 4.79 Å². The maximum atomic E-state index is 11.3. The van der Waals surface area contributed by atoms with Crippen molar-refractivity contribution in [1.82, 2.24) is 4.90 Å². The molecule has 0 aromatic carbocycles. The van der Waals surface area contributed by atoms with Crippen molar-refractivity contribution in [3.8, 4) is 0 Å². The number of hydrogen-bond donors (Lipinski definition) is 0. The van der Waals surface area contributed by atoms with E-state index >= 15 is 0 Å². The second kappa shape index (κ2) is 5.05. The van der Waals surface area contributed by atoms with Gasteiger partial charge < -0.3 is 4.90 Å². The van der Waals surface area contributed by atoms with Gasteiger partial charge in [-0.05, 0) is 24.8 Å². The van der Waals surface area contributed by atoms with E-state index in [-0.39, 0.29) is 11.3 Å². The van der Waals surface area contributed by atoms with E-state index in [1.165, 1.54) is 6.08 Å². The minimum Gasteiger partial charge on any atom is -0.339 e. The van der Waals surface area contributed by atoms with Gasteiger partial charge in [0.25, 0.3) is 0 Å². The van der Waals surface area contributed by atoms with Crippen LogP contribution in [0.25, 0.3) is 0 Å². The summed E-state index contributed by atoms with van der Waals surface area (Å²) >= 11 is 0. The number of carbonyl (C=O) groups excluding carboxylic acids is 1. The maximum Gasteiger partial charge on any atom is 0.245 e. The van der Waals surface area contributed by atoms with E-state index in [0.29, 0.717) is 0 Å². The van der Waals surface area contributed by atoms with Crippen LogP contribution in [0.1, 0.15) is 34.1 Å². The largest absolute Gasteiger partial charge is 0.339 e. The Balaban J connectivity index is 4.28. The molecule has 0 aliphatic heterocycles. The first-order valence-corrected chi connectivity index (χ1v) is 4.88. The molecule has 2 heteroatoms. The lowest BCUT2D eigenvalue weighted by Gasteiger charge is -2.30. The molecule has 0 rings (SSSR count). The zero-order chi connectivity index (χ0) is 10.5. The molecule has 76 valence electrons. The highest BCUT2D eigenvalue weighted by Crippen LogP contribution is 2.21. The number of likely N-dealkylation sites (N-methyl/N-ethyl adjacent to an activating group) is 1. The van der Waals surface area contributed by atoms with Gasteiger partial charge in [-0.2, -0.15) is 0 Å². The predicted octanol–water partition coefficient (Wildman–Crippen LogP) is 2.46. The third-order valence-electron chi connectivity index (χ3n) is 2.44. The van der Waals surface area contributed by atoms with Gasteiger partial charge in [0.2, 0.25) is 5.91 Å². The molecule has 0 fully saturated rings. The number of amides is 1. The fourth-order valence-electron chi connectivity index (χ4n) is 1.10. The molecule has 0 aromatic rings. The highest BCUT2D eigenvalue weighted by atomic mass is 16.2. The zero-order valence-corrected chi connectivity index (χ0v) is 9.26. The van der Waals surface area contributed by atoms with Gasteiger partial charge in [-0.25, -0.2) is 0 Å². The molecule has 0 spiro atoms. The van der Waals surface area contributed by atoms with Crippen LogP contribution in [-0.4, -0.2) is 23.9 Å². The number of hydrogen-bond acceptors (Lipinski definition) is 1. The average Bonchev–Trinajstić information content (AvgIpc) is 2.13. The Labute approximate surface area is 81.6 Å². The molecule has 0 heterocycles.